The van der Waals surface area contributed by atoms with Gasteiger partial charge in [-0.25, -0.2) is 0 Å². The number of allylic oxidation sites excluding steroid dienone is 1. The number of carbonyl (C=O) groups excluding carboxylic acids is 1. The number of amides is 1. The van der Waals surface area contributed by atoms with Gasteiger partial charge in [-0.2, -0.15) is 4.68 Å². The molecule has 0 fully saturated rings. The summed E-state index contributed by atoms with van der Waals surface area (Å²) in [7, 11) is 0. The van der Waals surface area contributed by atoms with E-state index in [0.717, 1.165) is 28.1 Å². The first-order valence-corrected chi connectivity index (χ1v) is 11.3. The molecular formula is C27H26N6O. The zero-order valence-corrected chi connectivity index (χ0v) is 19.4. The Kier molecular flexibility index (Phi) is 5.67. The minimum Gasteiger partial charge on any atom is -0.325 e. The second-order valence-corrected chi connectivity index (χ2v) is 8.70. The van der Waals surface area contributed by atoms with E-state index in [1.807, 2.05) is 36.1 Å². The van der Waals surface area contributed by atoms with Crippen molar-refractivity contribution in [1.82, 2.24) is 20.2 Å². The Hall–Kier alpha value is -4.26. The summed E-state index contributed by atoms with van der Waals surface area (Å²) in [6.45, 7) is 6.22. The number of tetrazole rings is 1. The van der Waals surface area contributed by atoms with Crippen molar-refractivity contribution in [2.45, 2.75) is 26.8 Å². The number of hydrogen-bond acceptors (Lipinski definition) is 5. The molecule has 2 heterocycles. The zero-order chi connectivity index (χ0) is 23.7. The third kappa shape index (κ3) is 4.32. The smallest absolute Gasteiger partial charge is 0.251 e. The van der Waals surface area contributed by atoms with Gasteiger partial charge in [0.25, 0.3) is 5.95 Å². The quantitative estimate of drug-likeness (QED) is 0.478. The molecule has 34 heavy (non-hydrogen) atoms. The summed E-state index contributed by atoms with van der Waals surface area (Å²) < 4.78 is 1.77. The topological polar surface area (TPSA) is 75.9 Å². The highest BCUT2D eigenvalue weighted by atomic mass is 16.2. The first-order valence-electron chi connectivity index (χ1n) is 11.3. The molecule has 1 N–H and O–H groups in total. The first-order chi connectivity index (χ1) is 16.5. The number of fused-ring (bicyclic) bond motifs is 1. The van der Waals surface area contributed by atoms with Gasteiger partial charge < -0.3 is 5.32 Å². The molecule has 0 saturated heterocycles. The van der Waals surface area contributed by atoms with Gasteiger partial charge in [0, 0.05) is 5.69 Å². The first kappa shape index (κ1) is 21.6. The van der Waals surface area contributed by atoms with Crippen molar-refractivity contribution in [2.24, 2.45) is 0 Å². The number of aryl methyl sites for hydroxylation is 3. The normalized spacial score (nSPS) is 15.0. The maximum absolute atomic E-state index is 13.1. The van der Waals surface area contributed by atoms with E-state index < -0.39 is 0 Å². The molecule has 1 unspecified atom stereocenters. The van der Waals surface area contributed by atoms with Gasteiger partial charge in [0.05, 0.1) is 5.70 Å². The van der Waals surface area contributed by atoms with E-state index in [9.17, 15) is 4.79 Å². The van der Waals surface area contributed by atoms with Crippen LogP contribution in [-0.2, 0) is 4.79 Å². The van der Waals surface area contributed by atoms with Crippen LogP contribution < -0.4 is 10.2 Å². The van der Waals surface area contributed by atoms with Crippen LogP contribution in [0.4, 0.5) is 11.6 Å². The van der Waals surface area contributed by atoms with Gasteiger partial charge >= 0.3 is 0 Å². The van der Waals surface area contributed by atoms with Crippen molar-refractivity contribution in [3.63, 3.8) is 0 Å². The number of aromatic nitrogens is 4. The Morgan fingerprint density at radius 2 is 1.44 bits per heavy atom. The molecule has 1 aliphatic heterocycles. The Balaban J connectivity index is 1.53. The molecule has 1 aliphatic rings. The van der Waals surface area contributed by atoms with Crippen LogP contribution in [0.15, 0.2) is 78.9 Å². The number of nitrogens with zero attached hydrogens (tertiary/aromatic N) is 5. The molecule has 7 nitrogen and oxygen atoms in total. The fourth-order valence-corrected chi connectivity index (χ4v) is 4.08. The highest BCUT2D eigenvalue weighted by Gasteiger charge is 2.31. The van der Waals surface area contributed by atoms with Crippen LogP contribution in [0.1, 0.15) is 33.9 Å². The number of anilines is 2. The molecule has 0 bridgehead atoms. The van der Waals surface area contributed by atoms with E-state index in [0.29, 0.717) is 5.95 Å². The summed E-state index contributed by atoms with van der Waals surface area (Å²) in [6.07, 6.45) is 2.12. The summed E-state index contributed by atoms with van der Waals surface area (Å²) in [5, 5.41) is 15.5. The fourth-order valence-electron chi connectivity index (χ4n) is 4.08. The minimum atomic E-state index is -0.182. The van der Waals surface area contributed by atoms with Crippen LogP contribution in [-0.4, -0.2) is 32.7 Å². The van der Waals surface area contributed by atoms with Crippen molar-refractivity contribution in [1.29, 1.82) is 0 Å². The number of nitrogens with one attached hydrogen (secondary N) is 1. The van der Waals surface area contributed by atoms with E-state index in [1.54, 1.807) is 4.68 Å². The van der Waals surface area contributed by atoms with Gasteiger partial charge in [-0.15, -0.1) is 0 Å². The van der Waals surface area contributed by atoms with Gasteiger partial charge in [0.1, 0.15) is 12.6 Å². The lowest BCUT2D eigenvalue weighted by Crippen LogP contribution is -2.37. The Labute approximate surface area is 198 Å². The summed E-state index contributed by atoms with van der Waals surface area (Å²) in [6, 6.07) is 24.2. The molecule has 1 aromatic heterocycles. The second kappa shape index (κ2) is 8.94. The lowest BCUT2D eigenvalue weighted by atomic mass is 9.99. The number of rotatable bonds is 5. The number of benzene rings is 3. The number of carbonyl (C=O) groups is 1. The van der Waals surface area contributed by atoms with E-state index in [4.69, 9.17) is 0 Å². The average Bonchev–Trinajstić information content (AvgIpc) is 3.32. The predicted octanol–water partition coefficient (Wildman–Crippen LogP) is 4.69. The van der Waals surface area contributed by atoms with E-state index >= 15 is 0 Å². The maximum atomic E-state index is 13.1. The van der Waals surface area contributed by atoms with Crippen molar-refractivity contribution >= 4 is 23.2 Å². The van der Waals surface area contributed by atoms with Crippen LogP contribution >= 0.6 is 0 Å². The van der Waals surface area contributed by atoms with Gasteiger partial charge in [-0.1, -0.05) is 82.5 Å². The Morgan fingerprint density at radius 3 is 2.09 bits per heavy atom. The average molecular weight is 451 g/mol. The van der Waals surface area contributed by atoms with Crippen LogP contribution in [0.3, 0.4) is 0 Å². The molecular weight excluding hydrogens is 424 g/mol. The standard InChI is InChI=1S/C27H26N6O/c1-18-4-10-21(11-5-18)24-16-25(22-12-6-19(2)7-13-22)33-27(29-30-31-33)32(24)17-26(34)28-23-14-8-20(3)9-15-23/h4-16,25H,17H2,1-3H3,(H,28,34). The molecule has 0 saturated carbocycles. The molecule has 170 valence electrons. The van der Waals surface area contributed by atoms with Crippen molar-refractivity contribution < 1.29 is 4.79 Å². The SMILES string of the molecule is Cc1ccc(NC(=O)CN2C(c3ccc(C)cc3)=CC(c3ccc(C)cc3)n3nnnc32)cc1. The second-order valence-electron chi connectivity index (χ2n) is 8.70. The zero-order valence-electron chi connectivity index (χ0n) is 19.4. The van der Waals surface area contributed by atoms with Crippen LogP contribution in [0.25, 0.3) is 5.70 Å². The molecule has 0 spiro atoms. The van der Waals surface area contributed by atoms with E-state index in [-0.39, 0.29) is 18.5 Å². The predicted molar refractivity (Wildman–Crippen MR) is 133 cm³/mol. The van der Waals surface area contributed by atoms with Gasteiger partial charge in [-0.05, 0) is 60.5 Å². The summed E-state index contributed by atoms with van der Waals surface area (Å²) in [5.74, 6) is 0.382. The molecule has 1 amide bonds. The third-order valence-electron chi connectivity index (χ3n) is 5.99. The van der Waals surface area contributed by atoms with Crippen molar-refractivity contribution in [3.8, 4) is 0 Å². The lowest BCUT2D eigenvalue weighted by Gasteiger charge is -2.32. The maximum Gasteiger partial charge on any atom is 0.251 e. The molecule has 1 atom stereocenters. The number of hydrogen-bond donors (Lipinski definition) is 1. The minimum absolute atomic E-state index is 0.0780. The van der Waals surface area contributed by atoms with E-state index in [2.05, 4.69) is 89.3 Å². The molecule has 5 rings (SSSR count). The molecule has 0 radical (unpaired) electrons. The summed E-state index contributed by atoms with van der Waals surface area (Å²) >= 11 is 0. The third-order valence-corrected chi connectivity index (χ3v) is 5.99. The van der Waals surface area contributed by atoms with Crippen molar-refractivity contribution in [2.75, 3.05) is 16.8 Å². The molecule has 3 aromatic carbocycles. The molecule has 0 aliphatic carbocycles. The Morgan fingerprint density at radius 1 is 0.853 bits per heavy atom. The Bertz CT molecular complexity index is 1340. The van der Waals surface area contributed by atoms with Crippen LogP contribution in [0, 0.1) is 20.8 Å². The summed E-state index contributed by atoms with van der Waals surface area (Å²) in [4.78, 5) is 14.9. The highest BCUT2D eigenvalue weighted by molar-refractivity contribution is 5.97. The molecule has 7 heteroatoms. The highest BCUT2D eigenvalue weighted by Crippen LogP contribution is 2.36. The van der Waals surface area contributed by atoms with Gasteiger partial charge in [-0.3, -0.25) is 9.69 Å². The monoisotopic (exact) mass is 450 g/mol. The molecule has 4 aromatic rings. The van der Waals surface area contributed by atoms with E-state index in [1.165, 1.54) is 11.1 Å². The largest absolute Gasteiger partial charge is 0.325 e. The van der Waals surface area contributed by atoms with Gasteiger partial charge in [0.2, 0.25) is 5.91 Å². The van der Waals surface area contributed by atoms with Gasteiger partial charge in [0.15, 0.2) is 0 Å². The lowest BCUT2D eigenvalue weighted by molar-refractivity contribution is -0.114. The fraction of sp³-hybridized carbons (Fsp3) is 0.185. The summed E-state index contributed by atoms with van der Waals surface area (Å²) in [5.41, 5.74) is 7.22. The van der Waals surface area contributed by atoms with Crippen LogP contribution in [0.5, 0.6) is 0 Å². The van der Waals surface area contributed by atoms with Crippen molar-refractivity contribution in [3.05, 3.63) is 107 Å². The van der Waals surface area contributed by atoms with Crippen LogP contribution in [0.2, 0.25) is 0 Å².